The number of hydrogen-bond acceptors (Lipinski definition) is 2. The van der Waals surface area contributed by atoms with Crippen LogP contribution in [0, 0.1) is 0 Å². The molecule has 0 atom stereocenters. The molecule has 0 aliphatic carbocycles. The molecule has 0 N–H and O–H groups in total. The van der Waals surface area contributed by atoms with Gasteiger partial charge in [-0.25, -0.2) is 4.98 Å². The van der Waals surface area contributed by atoms with Crippen molar-refractivity contribution in [1.29, 1.82) is 0 Å². The van der Waals surface area contributed by atoms with Gasteiger partial charge in [-0.3, -0.25) is 0 Å². The molecule has 0 spiro atoms. The average Bonchev–Trinajstić information content (AvgIpc) is 2.80. The maximum atomic E-state index is 6.40. The lowest BCUT2D eigenvalue weighted by Crippen LogP contribution is -1.91. The van der Waals surface area contributed by atoms with E-state index in [4.69, 9.17) is 16.3 Å². The summed E-state index contributed by atoms with van der Waals surface area (Å²) in [6, 6.07) is 12.3. The van der Waals surface area contributed by atoms with Crippen molar-refractivity contribution in [2.24, 2.45) is 7.05 Å². The monoisotopic (exact) mass is 296 g/mol. The topological polar surface area (TPSA) is 27.1 Å². The summed E-state index contributed by atoms with van der Waals surface area (Å²) in [5, 5.41) is 4.75. The average molecular weight is 297 g/mol. The van der Waals surface area contributed by atoms with E-state index >= 15 is 0 Å². The molecule has 0 saturated carbocycles. The maximum absolute atomic E-state index is 6.40. The molecule has 4 aromatic rings. The molecule has 0 radical (unpaired) electrons. The smallest absolute Gasteiger partial charge is 0.137 e. The van der Waals surface area contributed by atoms with Crippen LogP contribution in [0.5, 0.6) is 5.75 Å². The number of nitrogens with zero attached hydrogens (tertiary/aromatic N) is 2. The molecule has 4 rings (SSSR count). The second-order valence-electron chi connectivity index (χ2n) is 5.07. The van der Waals surface area contributed by atoms with Crippen LogP contribution in [-0.2, 0) is 7.05 Å². The molecular weight excluding hydrogens is 284 g/mol. The molecule has 0 bridgehead atoms. The minimum absolute atomic E-state index is 0.507. The number of methoxy groups -OCH3 is 1. The number of ether oxygens (including phenoxy) is 1. The van der Waals surface area contributed by atoms with Crippen LogP contribution < -0.4 is 4.74 Å². The third-order valence-corrected chi connectivity index (χ3v) is 4.35. The molecular formula is C17H13ClN2O. The van der Waals surface area contributed by atoms with E-state index in [1.165, 1.54) is 10.9 Å². The van der Waals surface area contributed by atoms with Gasteiger partial charge in [-0.05, 0) is 12.1 Å². The lowest BCUT2D eigenvalue weighted by atomic mass is 10.0. The molecule has 0 aliphatic rings. The zero-order valence-electron chi connectivity index (χ0n) is 11.7. The molecule has 0 fully saturated rings. The van der Waals surface area contributed by atoms with Crippen LogP contribution >= 0.6 is 11.6 Å². The van der Waals surface area contributed by atoms with Gasteiger partial charge in [0.15, 0.2) is 0 Å². The van der Waals surface area contributed by atoms with E-state index in [9.17, 15) is 0 Å². The van der Waals surface area contributed by atoms with E-state index in [2.05, 4.69) is 34.8 Å². The van der Waals surface area contributed by atoms with E-state index in [1.807, 2.05) is 18.2 Å². The number of fused-ring (bicyclic) bond motifs is 5. The van der Waals surface area contributed by atoms with Gasteiger partial charge >= 0.3 is 0 Å². The van der Waals surface area contributed by atoms with Gasteiger partial charge in [0.1, 0.15) is 10.9 Å². The van der Waals surface area contributed by atoms with Crippen molar-refractivity contribution in [3.05, 3.63) is 47.7 Å². The fourth-order valence-electron chi connectivity index (χ4n) is 3.09. The van der Waals surface area contributed by atoms with Crippen molar-refractivity contribution in [1.82, 2.24) is 9.55 Å². The van der Waals surface area contributed by atoms with Crippen LogP contribution in [0.4, 0.5) is 0 Å². The van der Waals surface area contributed by atoms with Crippen molar-refractivity contribution >= 4 is 44.2 Å². The molecule has 2 aromatic carbocycles. The standard InChI is InChI=1S/C17H13ClN2O/c1-20-12-6-4-3-5-10(12)15-13(20)9-14(21-2)11-7-8-19-17(18)16(11)15/h3-9H,1-2H3. The Labute approximate surface area is 126 Å². The van der Waals surface area contributed by atoms with Crippen LogP contribution in [0.15, 0.2) is 42.6 Å². The summed E-state index contributed by atoms with van der Waals surface area (Å²) in [5.74, 6) is 0.813. The number of hydrogen-bond donors (Lipinski definition) is 0. The second-order valence-corrected chi connectivity index (χ2v) is 5.43. The Hall–Kier alpha value is -2.26. The number of rotatable bonds is 1. The van der Waals surface area contributed by atoms with Gasteiger partial charge in [0.05, 0.1) is 12.6 Å². The van der Waals surface area contributed by atoms with Crippen LogP contribution in [-0.4, -0.2) is 16.7 Å². The Balaban J connectivity index is 2.41. The number of aryl methyl sites for hydroxylation is 1. The van der Waals surface area contributed by atoms with Gasteiger partial charge in [-0.1, -0.05) is 29.8 Å². The summed E-state index contributed by atoms with van der Waals surface area (Å²) in [6.45, 7) is 0. The van der Waals surface area contributed by atoms with Crippen molar-refractivity contribution in [3.8, 4) is 5.75 Å². The molecule has 0 amide bonds. The Morgan fingerprint density at radius 1 is 1.05 bits per heavy atom. The first-order valence-corrected chi connectivity index (χ1v) is 7.08. The fourth-order valence-corrected chi connectivity index (χ4v) is 3.35. The zero-order valence-corrected chi connectivity index (χ0v) is 12.5. The van der Waals surface area contributed by atoms with Crippen LogP contribution in [0.3, 0.4) is 0 Å². The van der Waals surface area contributed by atoms with Gasteiger partial charge in [0.25, 0.3) is 0 Å². The van der Waals surface area contributed by atoms with Crippen molar-refractivity contribution in [3.63, 3.8) is 0 Å². The fraction of sp³-hybridized carbons (Fsp3) is 0.118. The van der Waals surface area contributed by atoms with Gasteiger partial charge in [0, 0.05) is 46.4 Å². The molecule has 0 unspecified atom stereocenters. The number of benzene rings is 2. The molecule has 2 aromatic heterocycles. The molecule has 2 heterocycles. The third-order valence-electron chi connectivity index (χ3n) is 4.06. The first-order chi connectivity index (χ1) is 10.2. The summed E-state index contributed by atoms with van der Waals surface area (Å²) in [5.41, 5.74) is 2.26. The Bertz CT molecular complexity index is 1000. The number of aromatic nitrogens is 2. The van der Waals surface area contributed by atoms with Gasteiger partial charge < -0.3 is 9.30 Å². The Morgan fingerprint density at radius 2 is 1.86 bits per heavy atom. The predicted octanol–water partition coefficient (Wildman–Crippen LogP) is 4.54. The lowest BCUT2D eigenvalue weighted by Gasteiger charge is -2.09. The normalized spacial score (nSPS) is 11.6. The summed E-state index contributed by atoms with van der Waals surface area (Å²) in [7, 11) is 3.73. The molecule has 21 heavy (non-hydrogen) atoms. The summed E-state index contributed by atoms with van der Waals surface area (Å²) in [6.07, 6.45) is 1.71. The molecule has 104 valence electrons. The van der Waals surface area contributed by atoms with E-state index in [0.29, 0.717) is 5.15 Å². The molecule has 3 nitrogen and oxygen atoms in total. The highest BCUT2D eigenvalue weighted by Crippen LogP contribution is 2.40. The second kappa shape index (κ2) is 4.37. The highest BCUT2D eigenvalue weighted by Gasteiger charge is 2.16. The van der Waals surface area contributed by atoms with Gasteiger partial charge in [0.2, 0.25) is 0 Å². The summed E-state index contributed by atoms with van der Waals surface area (Å²) >= 11 is 6.40. The van der Waals surface area contributed by atoms with Crippen LogP contribution in [0.25, 0.3) is 32.6 Å². The van der Waals surface area contributed by atoms with E-state index in [-0.39, 0.29) is 0 Å². The first-order valence-electron chi connectivity index (χ1n) is 6.70. The van der Waals surface area contributed by atoms with E-state index in [1.54, 1.807) is 13.3 Å². The largest absolute Gasteiger partial charge is 0.496 e. The van der Waals surface area contributed by atoms with Gasteiger partial charge in [-0.15, -0.1) is 0 Å². The highest BCUT2D eigenvalue weighted by molar-refractivity contribution is 6.38. The SMILES string of the molecule is COc1cc2c(c3ccccc3n2C)c2c(Cl)nccc12. The number of pyridine rings is 1. The number of halogens is 1. The minimum Gasteiger partial charge on any atom is -0.496 e. The maximum Gasteiger partial charge on any atom is 0.137 e. The summed E-state index contributed by atoms with van der Waals surface area (Å²) in [4.78, 5) is 4.25. The van der Waals surface area contributed by atoms with Crippen molar-refractivity contribution in [2.75, 3.05) is 7.11 Å². The van der Waals surface area contributed by atoms with Crippen LogP contribution in [0.1, 0.15) is 0 Å². The van der Waals surface area contributed by atoms with Gasteiger partial charge in [-0.2, -0.15) is 0 Å². The quantitative estimate of drug-likeness (QED) is 0.482. The van der Waals surface area contributed by atoms with Crippen LogP contribution in [0.2, 0.25) is 5.15 Å². The van der Waals surface area contributed by atoms with Crippen molar-refractivity contribution in [2.45, 2.75) is 0 Å². The summed E-state index contributed by atoms with van der Waals surface area (Å²) < 4.78 is 7.70. The third kappa shape index (κ3) is 1.58. The molecule has 4 heteroatoms. The minimum atomic E-state index is 0.507. The highest BCUT2D eigenvalue weighted by atomic mass is 35.5. The lowest BCUT2D eigenvalue weighted by molar-refractivity contribution is 0.420. The molecule has 0 aliphatic heterocycles. The Kier molecular flexibility index (Phi) is 2.59. The first kappa shape index (κ1) is 12.5. The van der Waals surface area contributed by atoms with Crippen molar-refractivity contribution < 1.29 is 4.74 Å². The Morgan fingerprint density at radius 3 is 2.67 bits per heavy atom. The zero-order chi connectivity index (χ0) is 14.6. The predicted molar refractivity (Wildman–Crippen MR) is 87.3 cm³/mol. The molecule has 0 saturated heterocycles. The van der Waals surface area contributed by atoms with E-state index < -0.39 is 0 Å². The van der Waals surface area contributed by atoms with E-state index in [0.717, 1.165) is 27.4 Å². The number of para-hydroxylation sites is 1.